The van der Waals surface area contributed by atoms with Crippen molar-refractivity contribution >= 4 is 16.9 Å². The van der Waals surface area contributed by atoms with Gasteiger partial charge in [0, 0.05) is 18.0 Å². The number of para-hydroxylation sites is 1. The van der Waals surface area contributed by atoms with Crippen LogP contribution in [0, 0.1) is 6.92 Å². The summed E-state index contributed by atoms with van der Waals surface area (Å²) in [7, 11) is 1.65. The van der Waals surface area contributed by atoms with Crippen molar-refractivity contribution in [3.05, 3.63) is 35.6 Å². The number of aliphatic imine (C=N–C) groups is 1. The highest BCUT2D eigenvalue weighted by Gasteiger charge is 2.09. The summed E-state index contributed by atoms with van der Waals surface area (Å²) < 4.78 is 5.72. The maximum absolute atomic E-state index is 5.72. The first-order chi connectivity index (χ1) is 7.72. The van der Waals surface area contributed by atoms with Crippen LogP contribution in [0.15, 0.2) is 33.7 Å². The lowest BCUT2D eigenvalue weighted by atomic mass is 10.1. The molecule has 0 saturated carbocycles. The second-order valence-electron chi connectivity index (χ2n) is 3.61. The van der Waals surface area contributed by atoms with E-state index in [1.807, 2.05) is 25.1 Å². The largest absolute Gasteiger partial charge is 0.459 e. The maximum Gasteiger partial charge on any atom is 0.188 e. The molecule has 3 N–H and O–H groups in total. The summed E-state index contributed by atoms with van der Waals surface area (Å²) in [5.74, 6) is 1.31. The quantitative estimate of drug-likeness (QED) is 0.595. The first-order valence-corrected chi connectivity index (χ1v) is 5.15. The highest BCUT2D eigenvalue weighted by Crippen LogP contribution is 2.24. The van der Waals surface area contributed by atoms with Gasteiger partial charge in [-0.3, -0.25) is 4.99 Å². The summed E-state index contributed by atoms with van der Waals surface area (Å²) >= 11 is 0. The van der Waals surface area contributed by atoms with E-state index >= 15 is 0 Å². The van der Waals surface area contributed by atoms with Crippen molar-refractivity contribution in [3.8, 4) is 0 Å². The molecule has 0 spiro atoms. The van der Waals surface area contributed by atoms with Crippen LogP contribution >= 0.6 is 0 Å². The Morgan fingerprint density at radius 3 is 2.88 bits per heavy atom. The number of benzene rings is 1. The average molecular weight is 217 g/mol. The predicted molar refractivity (Wildman–Crippen MR) is 65.3 cm³/mol. The fourth-order valence-electron chi connectivity index (χ4n) is 1.64. The molecule has 0 amide bonds. The molecule has 0 radical (unpaired) electrons. The van der Waals surface area contributed by atoms with E-state index in [9.17, 15) is 0 Å². The van der Waals surface area contributed by atoms with Gasteiger partial charge in [-0.15, -0.1) is 0 Å². The fraction of sp³-hybridized carbons (Fsp3) is 0.250. The molecular weight excluding hydrogens is 202 g/mol. The molecule has 0 aliphatic carbocycles. The lowest BCUT2D eigenvalue weighted by molar-refractivity contribution is 0.536. The molecule has 0 aliphatic heterocycles. The Hall–Kier alpha value is -1.97. The Morgan fingerprint density at radius 2 is 2.19 bits per heavy atom. The molecule has 2 rings (SSSR count). The van der Waals surface area contributed by atoms with Crippen LogP contribution < -0.4 is 11.1 Å². The summed E-state index contributed by atoms with van der Waals surface area (Å²) in [6.45, 7) is 2.60. The summed E-state index contributed by atoms with van der Waals surface area (Å²) in [6, 6.07) is 7.98. The number of hydrogen-bond acceptors (Lipinski definition) is 2. The number of nitrogens with two attached hydrogens (primary N) is 1. The highest BCUT2D eigenvalue weighted by atomic mass is 16.3. The van der Waals surface area contributed by atoms with Crippen LogP contribution in [0.2, 0.25) is 0 Å². The molecule has 4 heteroatoms. The minimum absolute atomic E-state index is 0.417. The van der Waals surface area contributed by atoms with Crippen molar-refractivity contribution in [2.75, 3.05) is 7.05 Å². The fourth-order valence-corrected chi connectivity index (χ4v) is 1.64. The first-order valence-electron chi connectivity index (χ1n) is 5.15. The highest BCUT2D eigenvalue weighted by molar-refractivity contribution is 5.82. The Kier molecular flexibility index (Phi) is 2.81. The van der Waals surface area contributed by atoms with Gasteiger partial charge in [0.1, 0.15) is 11.3 Å². The molecule has 1 aromatic heterocycles. The van der Waals surface area contributed by atoms with E-state index in [-0.39, 0.29) is 0 Å². The smallest absolute Gasteiger partial charge is 0.188 e. The monoisotopic (exact) mass is 217 g/mol. The van der Waals surface area contributed by atoms with Gasteiger partial charge in [0.05, 0.1) is 6.54 Å². The molecule has 0 fully saturated rings. The third-order valence-corrected chi connectivity index (χ3v) is 2.61. The van der Waals surface area contributed by atoms with Gasteiger partial charge in [-0.1, -0.05) is 18.2 Å². The number of furan rings is 1. The van der Waals surface area contributed by atoms with Gasteiger partial charge < -0.3 is 15.5 Å². The number of guanidine groups is 1. The SMILES string of the molecule is CN=C(N)NCc1oc2ccccc2c1C. The van der Waals surface area contributed by atoms with Crippen LogP contribution in [-0.2, 0) is 6.54 Å². The van der Waals surface area contributed by atoms with Crippen molar-refractivity contribution in [3.63, 3.8) is 0 Å². The molecule has 1 aromatic carbocycles. The number of fused-ring (bicyclic) bond motifs is 1. The van der Waals surface area contributed by atoms with Gasteiger partial charge in [-0.2, -0.15) is 0 Å². The van der Waals surface area contributed by atoms with Crippen LogP contribution in [0.25, 0.3) is 11.0 Å². The summed E-state index contributed by atoms with van der Waals surface area (Å²) in [6.07, 6.45) is 0. The molecule has 0 unspecified atom stereocenters. The lowest BCUT2D eigenvalue weighted by Gasteiger charge is -2.02. The van der Waals surface area contributed by atoms with E-state index in [1.165, 1.54) is 0 Å². The number of rotatable bonds is 2. The third-order valence-electron chi connectivity index (χ3n) is 2.61. The van der Waals surface area contributed by atoms with Crippen molar-refractivity contribution in [1.82, 2.24) is 5.32 Å². The minimum Gasteiger partial charge on any atom is -0.459 e. The maximum atomic E-state index is 5.72. The van der Waals surface area contributed by atoms with Crippen LogP contribution in [0.5, 0.6) is 0 Å². The minimum atomic E-state index is 0.417. The zero-order valence-corrected chi connectivity index (χ0v) is 9.45. The molecule has 4 nitrogen and oxygen atoms in total. The topological polar surface area (TPSA) is 63.5 Å². The van der Waals surface area contributed by atoms with Gasteiger partial charge in [0.25, 0.3) is 0 Å². The van der Waals surface area contributed by atoms with E-state index in [2.05, 4.69) is 16.4 Å². The van der Waals surface area contributed by atoms with E-state index in [0.717, 1.165) is 22.3 Å². The Labute approximate surface area is 94.2 Å². The molecule has 0 bridgehead atoms. The van der Waals surface area contributed by atoms with Crippen molar-refractivity contribution in [1.29, 1.82) is 0 Å². The first kappa shape index (κ1) is 10.5. The number of nitrogens with zero attached hydrogens (tertiary/aromatic N) is 1. The molecule has 2 aromatic rings. The number of aryl methyl sites for hydroxylation is 1. The average Bonchev–Trinajstić information content (AvgIpc) is 2.64. The Bertz CT molecular complexity index is 528. The normalized spacial score (nSPS) is 12.0. The van der Waals surface area contributed by atoms with E-state index in [1.54, 1.807) is 7.05 Å². The Balaban J connectivity index is 2.28. The van der Waals surface area contributed by atoms with Gasteiger partial charge in [-0.25, -0.2) is 0 Å². The van der Waals surface area contributed by atoms with Gasteiger partial charge in [0.15, 0.2) is 5.96 Å². The summed E-state index contributed by atoms with van der Waals surface area (Å²) in [5.41, 5.74) is 7.61. The molecule has 84 valence electrons. The lowest BCUT2D eigenvalue weighted by Crippen LogP contribution is -2.30. The van der Waals surface area contributed by atoms with E-state index < -0.39 is 0 Å². The Morgan fingerprint density at radius 1 is 1.44 bits per heavy atom. The van der Waals surface area contributed by atoms with Gasteiger partial charge in [0.2, 0.25) is 0 Å². The second kappa shape index (κ2) is 4.26. The van der Waals surface area contributed by atoms with Crippen LogP contribution in [-0.4, -0.2) is 13.0 Å². The third kappa shape index (κ3) is 1.86. The summed E-state index contributed by atoms with van der Waals surface area (Å²) in [5, 5.41) is 4.13. The van der Waals surface area contributed by atoms with Crippen molar-refractivity contribution < 1.29 is 4.42 Å². The van der Waals surface area contributed by atoms with Crippen LogP contribution in [0.4, 0.5) is 0 Å². The molecule has 0 saturated heterocycles. The van der Waals surface area contributed by atoms with E-state index in [0.29, 0.717) is 12.5 Å². The van der Waals surface area contributed by atoms with Gasteiger partial charge in [-0.05, 0) is 13.0 Å². The second-order valence-corrected chi connectivity index (χ2v) is 3.61. The molecule has 16 heavy (non-hydrogen) atoms. The standard InChI is InChI=1S/C12H15N3O/c1-8-9-5-3-4-6-10(9)16-11(8)7-15-12(13)14-2/h3-6H,7H2,1-2H3,(H3,13,14,15). The van der Waals surface area contributed by atoms with E-state index in [4.69, 9.17) is 10.2 Å². The zero-order chi connectivity index (χ0) is 11.5. The summed E-state index contributed by atoms with van der Waals surface area (Å²) in [4.78, 5) is 3.83. The molecule has 0 atom stereocenters. The number of hydrogen-bond donors (Lipinski definition) is 2. The molecular formula is C12H15N3O. The van der Waals surface area contributed by atoms with Crippen molar-refractivity contribution in [2.45, 2.75) is 13.5 Å². The zero-order valence-electron chi connectivity index (χ0n) is 9.45. The number of nitrogens with one attached hydrogen (secondary N) is 1. The van der Waals surface area contributed by atoms with Crippen LogP contribution in [0.1, 0.15) is 11.3 Å². The molecule has 1 heterocycles. The van der Waals surface area contributed by atoms with Crippen molar-refractivity contribution in [2.24, 2.45) is 10.7 Å². The molecule has 0 aliphatic rings. The van der Waals surface area contributed by atoms with Crippen LogP contribution in [0.3, 0.4) is 0 Å². The van der Waals surface area contributed by atoms with Gasteiger partial charge >= 0.3 is 0 Å². The predicted octanol–water partition coefficient (Wildman–Crippen LogP) is 1.78.